The van der Waals surface area contributed by atoms with Crippen molar-refractivity contribution in [3.05, 3.63) is 42.0 Å². The van der Waals surface area contributed by atoms with E-state index < -0.39 is 11.8 Å². The standard InChI is InChI=1S/C16H13NO4/c1-8(18)9-3-2-4-10(7-9)17-15(19)13-11-5-6-12(21-11)14(13)16(17)20/h2-7,11-14H,1H3/t11-,12-,13-,14-/m1/s1. The summed E-state index contributed by atoms with van der Waals surface area (Å²) < 4.78 is 5.59. The van der Waals surface area contributed by atoms with E-state index in [-0.39, 0.29) is 29.8 Å². The largest absolute Gasteiger partial charge is 0.365 e. The van der Waals surface area contributed by atoms with Crippen LogP contribution in [0.15, 0.2) is 36.4 Å². The van der Waals surface area contributed by atoms with Crippen molar-refractivity contribution in [2.45, 2.75) is 19.1 Å². The first-order valence-electron chi connectivity index (χ1n) is 6.90. The van der Waals surface area contributed by atoms with E-state index >= 15 is 0 Å². The number of anilines is 1. The molecule has 106 valence electrons. The van der Waals surface area contributed by atoms with Crippen LogP contribution < -0.4 is 4.90 Å². The number of nitrogens with zero attached hydrogens (tertiary/aromatic N) is 1. The molecule has 1 aromatic carbocycles. The molecule has 0 spiro atoms. The lowest BCUT2D eigenvalue weighted by atomic mass is 9.85. The second-order valence-corrected chi connectivity index (χ2v) is 5.62. The predicted octanol–water partition coefficient (Wildman–Crippen LogP) is 1.33. The van der Waals surface area contributed by atoms with E-state index in [2.05, 4.69) is 0 Å². The van der Waals surface area contributed by atoms with Gasteiger partial charge < -0.3 is 4.74 Å². The molecular formula is C16H13NO4. The highest BCUT2D eigenvalue weighted by atomic mass is 16.5. The van der Waals surface area contributed by atoms with Crippen LogP contribution in [0.25, 0.3) is 0 Å². The fourth-order valence-electron chi connectivity index (χ4n) is 3.42. The van der Waals surface area contributed by atoms with E-state index in [1.54, 1.807) is 24.3 Å². The van der Waals surface area contributed by atoms with Crippen LogP contribution >= 0.6 is 0 Å². The van der Waals surface area contributed by atoms with Gasteiger partial charge >= 0.3 is 0 Å². The monoisotopic (exact) mass is 283 g/mol. The molecule has 5 nitrogen and oxygen atoms in total. The second kappa shape index (κ2) is 4.11. The second-order valence-electron chi connectivity index (χ2n) is 5.62. The topological polar surface area (TPSA) is 63.7 Å². The number of carbonyl (C=O) groups is 3. The van der Waals surface area contributed by atoms with Gasteiger partial charge in [-0.1, -0.05) is 24.3 Å². The molecular weight excluding hydrogens is 270 g/mol. The van der Waals surface area contributed by atoms with Crippen LogP contribution in [-0.2, 0) is 14.3 Å². The molecule has 0 unspecified atom stereocenters. The Hall–Kier alpha value is -2.27. The molecule has 3 aliphatic rings. The Morgan fingerprint density at radius 1 is 1.10 bits per heavy atom. The number of carbonyl (C=O) groups excluding carboxylic acids is 3. The van der Waals surface area contributed by atoms with Crippen molar-refractivity contribution in [2.24, 2.45) is 11.8 Å². The summed E-state index contributed by atoms with van der Waals surface area (Å²) in [6, 6.07) is 6.63. The number of imide groups is 1. The smallest absolute Gasteiger partial charge is 0.240 e. The van der Waals surface area contributed by atoms with Gasteiger partial charge in [0.1, 0.15) is 0 Å². The molecule has 1 aromatic rings. The number of Topliss-reactive ketones (excluding diaryl/α,β-unsaturated/α-hetero) is 1. The minimum absolute atomic E-state index is 0.0961. The van der Waals surface area contributed by atoms with Crippen LogP contribution in [0.2, 0.25) is 0 Å². The zero-order valence-corrected chi connectivity index (χ0v) is 11.4. The molecule has 0 saturated carbocycles. The molecule has 4 atom stereocenters. The highest BCUT2D eigenvalue weighted by molar-refractivity contribution is 6.23. The van der Waals surface area contributed by atoms with E-state index in [0.717, 1.165) is 0 Å². The first-order chi connectivity index (χ1) is 10.1. The molecule has 3 aliphatic heterocycles. The van der Waals surface area contributed by atoms with Crippen molar-refractivity contribution >= 4 is 23.3 Å². The van der Waals surface area contributed by atoms with Crippen molar-refractivity contribution in [3.63, 3.8) is 0 Å². The predicted molar refractivity (Wildman–Crippen MR) is 73.7 cm³/mol. The number of benzene rings is 1. The summed E-state index contributed by atoms with van der Waals surface area (Å²) >= 11 is 0. The summed E-state index contributed by atoms with van der Waals surface area (Å²) in [6.45, 7) is 1.46. The molecule has 0 aliphatic carbocycles. The first-order valence-corrected chi connectivity index (χ1v) is 6.90. The number of hydrogen-bond donors (Lipinski definition) is 0. The summed E-state index contributed by atoms with van der Waals surface area (Å²) in [5.41, 5.74) is 0.953. The van der Waals surface area contributed by atoms with Gasteiger partial charge in [-0.05, 0) is 19.1 Å². The third-order valence-electron chi connectivity index (χ3n) is 4.42. The van der Waals surface area contributed by atoms with Gasteiger partial charge in [0.2, 0.25) is 11.8 Å². The molecule has 2 saturated heterocycles. The summed E-state index contributed by atoms with van der Waals surface area (Å²) in [4.78, 5) is 37.8. The van der Waals surface area contributed by atoms with Gasteiger partial charge in [-0.2, -0.15) is 0 Å². The summed E-state index contributed by atoms with van der Waals surface area (Å²) in [5.74, 6) is -1.41. The minimum atomic E-state index is -0.423. The van der Waals surface area contributed by atoms with E-state index in [0.29, 0.717) is 11.3 Å². The van der Waals surface area contributed by atoms with Crippen LogP contribution in [0, 0.1) is 11.8 Å². The number of hydrogen-bond acceptors (Lipinski definition) is 4. The van der Waals surface area contributed by atoms with E-state index in [4.69, 9.17) is 4.74 Å². The fraction of sp³-hybridized carbons (Fsp3) is 0.312. The SMILES string of the molecule is CC(=O)c1cccc(N2C(=O)[C@H]3[C@H](C2=O)[C@H]2C=C[C@H]3O2)c1. The Kier molecular flexibility index (Phi) is 2.44. The highest BCUT2D eigenvalue weighted by Crippen LogP contribution is 2.46. The molecule has 0 N–H and O–H groups in total. The van der Waals surface area contributed by atoms with Crippen LogP contribution in [0.5, 0.6) is 0 Å². The van der Waals surface area contributed by atoms with Crippen LogP contribution in [0.1, 0.15) is 17.3 Å². The first kappa shape index (κ1) is 12.5. The Labute approximate surface area is 121 Å². The number of ether oxygens (including phenoxy) is 1. The summed E-state index contributed by atoms with van der Waals surface area (Å²) in [7, 11) is 0. The third kappa shape index (κ3) is 1.58. The zero-order chi connectivity index (χ0) is 14.7. The summed E-state index contributed by atoms with van der Waals surface area (Å²) in [6.07, 6.45) is 3.12. The maximum absolute atomic E-state index is 12.6. The van der Waals surface area contributed by atoms with Crippen molar-refractivity contribution < 1.29 is 19.1 Å². The van der Waals surface area contributed by atoms with Crippen molar-refractivity contribution in [1.29, 1.82) is 0 Å². The lowest BCUT2D eigenvalue weighted by Gasteiger charge is -2.18. The van der Waals surface area contributed by atoms with Crippen LogP contribution in [0.4, 0.5) is 5.69 Å². The molecule has 3 heterocycles. The number of fused-ring (bicyclic) bond motifs is 5. The number of rotatable bonds is 2. The molecule has 4 rings (SSSR count). The van der Waals surface area contributed by atoms with Gasteiger partial charge in [0.05, 0.1) is 29.7 Å². The van der Waals surface area contributed by atoms with Gasteiger partial charge in [-0.15, -0.1) is 0 Å². The maximum Gasteiger partial charge on any atom is 0.240 e. The molecule has 2 bridgehead atoms. The number of ketones is 1. The molecule has 0 aromatic heterocycles. The zero-order valence-electron chi connectivity index (χ0n) is 11.4. The lowest BCUT2D eigenvalue weighted by molar-refractivity contribution is -0.124. The van der Waals surface area contributed by atoms with Gasteiger partial charge in [-0.3, -0.25) is 14.4 Å². The fourth-order valence-corrected chi connectivity index (χ4v) is 3.42. The van der Waals surface area contributed by atoms with Crippen molar-refractivity contribution in [2.75, 3.05) is 4.90 Å². The highest BCUT2D eigenvalue weighted by Gasteiger charge is 2.60. The molecule has 21 heavy (non-hydrogen) atoms. The van der Waals surface area contributed by atoms with E-state index in [1.165, 1.54) is 11.8 Å². The van der Waals surface area contributed by atoms with Crippen LogP contribution in [0.3, 0.4) is 0 Å². The Morgan fingerprint density at radius 3 is 2.29 bits per heavy atom. The van der Waals surface area contributed by atoms with E-state index in [1.807, 2.05) is 12.2 Å². The van der Waals surface area contributed by atoms with Gasteiger partial charge in [-0.25, -0.2) is 4.90 Å². The Bertz CT molecular complexity index is 678. The third-order valence-corrected chi connectivity index (χ3v) is 4.42. The van der Waals surface area contributed by atoms with Gasteiger partial charge in [0.25, 0.3) is 0 Å². The average molecular weight is 283 g/mol. The molecule has 5 heteroatoms. The van der Waals surface area contributed by atoms with E-state index in [9.17, 15) is 14.4 Å². The quantitative estimate of drug-likeness (QED) is 0.466. The van der Waals surface area contributed by atoms with Crippen molar-refractivity contribution in [1.82, 2.24) is 0 Å². The maximum atomic E-state index is 12.6. The van der Waals surface area contributed by atoms with Gasteiger partial charge in [0, 0.05) is 5.56 Å². The summed E-state index contributed by atoms with van der Waals surface area (Å²) in [5, 5.41) is 0. The molecule has 2 fully saturated rings. The van der Waals surface area contributed by atoms with Crippen LogP contribution in [-0.4, -0.2) is 29.8 Å². The molecule has 2 amide bonds. The Morgan fingerprint density at radius 2 is 1.71 bits per heavy atom. The van der Waals surface area contributed by atoms with Gasteiger partial charge in [0.15, 0.2) is 5.78 Å². The lowest BCUT2D eigenvalue weighted by Crippen LogP contribution is -2.34. The van der Waals surface area contributed by atoms with Crippen molar-refractivity contribution in [3.8, 4) is 0 Å². The number of amides is 2. The minimum Gasteiger partial charge on any atom is -0.365 e. The molecule has 0 radical (unpaired) electrons. The Balaban J connectivity index is 1.74. The normalized spacial score (nSPS) is 32.9. The average Bonchev–Trinajstić information content (AvgIpc) is 3.13.